The smallest absolute Gasteiger partial charge is 0.0313 e. The van der Waals surface area contributed by atoms with E-state index in [0.29, 0.717) is 0 Å². The van der Waals surface area contributed by atoms with E-state index in [1.54, 1.807) is 0 Å². The molecule has 0 spiro atoms. The lowest BCUT2D eigenvalue weighted by Crippen LogP contribution is -1.79. The zero-order valence-electron chi connectivity index (χ0n) is 12.7. The largest absolute Gasteiger partial charge is 0.399 e. The fourth-order valence-electron chi connectivity index (χ4n) is 1.52. The Balaban J connectivity index is 0.000000157. The van der Waals surface area contributed by atoms with Crippen LogP contribution in [0.15, 0.2) is 91.0 Å². The molecule has 0 aliphatic rings. The molecule has 3 aromatic carbocycles. The molecule has 0 heterocycles. The lowest BCUT2D eigenvalue weighted by molar-refractivity contribution is 1.48. The monoisotopic (exact) mass is 277 g/mol. The van der Waals surface area contributed by atoms with Crippen LogP contribution in [0.4, 0.5) is 5.69 Å². The van der Waals surface area contributed by atoms with Gasteiger partial charge in [-0.3, -0.25) is 0 Å². The quantitative estimate of drug-likeness (QED) is 0.557. The first kappa shape index (κ1) is 16.5. The van der Waals surface area contributed by atoms with Gasteiger partial charge in [-0.15, -0.1) is 0 Å². The number of rotatable bonds is 0. The summed E-state index contributed by atoms with van der Waals surface area (Å²) in [6.45, 7) is 4.17. The summed E-state index contributed by atoms with van der Waals surface area (Å²) < 4.78 is 0. The molecule has 0 fully saturated rings. The van der Waals surface area contributed by atoms with Crippen LogP contribution in [0.1, 0.15) is 11.1 Å². The number of benzene rings is 3. The highest BCUT2D eigenvalue weighted by Gasteiger charge is 1.73. The first-order chi connectivity index (χ1) is 10.2. The molecule has 0 aliphatic heterocycles. The van der Waals surface area contributed by atoms with E-state index >= 15 is 0 Å². The molecule has 1 heteroatoms. The number of hydrogen-bond acceptors (Lipinski definition) is 1. The van der Waals surface area contributed by atoms with Crippen LogP contribution in [0.25, 0.3) is 0 Å². The van der Waals surface area contributed by atoms with Crippen molar-refractivity contribution in [3.8, 4) is 0 Å². The van der Waals surface area contributed by atoms with E-state index < -0.39 is 0 Å². The molecule has 3 aromatic rings. The molecule has 0 amide bonds. The highest BCUT2D eigenvalue weighted by Crippen LogP contribution is 1.96. The minimum atomic E-state index is 0.822. The van der Waals surface area contributed by atoms with Crippen molar-refractivity contribution in [2.24, 2.45) is 0 Å². The first-order valence-electron chi connectivity index (χ1n) is 7.02. The molecule has 2 N–H and O–H groups in total. The molecule has 0 aliphatic carbocycles. The van der Waals surface area contributed by atoms with E-state index in [0.717, 1.165) is 5.69 Å². The molecule has 0 bridgehead atoms. The number of aryl methyl sites for hydroxylation is 2. The second-order valence-corrected chi connectivity index (χ2v) is 4.72. The fraction of sp³-hybridized carbons (Fsp3) is 0.100. The van der Waals surface area contributed by atoms with Crippen molar-refractivity contribution in [2.75, 3.05) is 5.73 Å². The lowest BCUT2D eigenvalue weighted by Gasteiger charge is -1.83. The van der Waals surface area contributed by atoms with Gasteiger partial charge in [-0.25, -0.2) is 0 Å². The minimum Gasteiger partial charge on any atom is -0.399 e. The Morgan fingerprint density at radius 2 is 0.762 bits per heavy atom. The molecule has 0 unspecified atom stereocenters. The van der Waals surface area contributed by atoms with Crippen LogP contribution in [-0.4, -0.2) is 0 Å². The van der Waals surface area contributed by atoms with Crippen molar-refractivity contribution in [1.29, 1.82) is 0 Å². The number of anilines is 1. The second kappa shape index (κ2) is 10.3. The van der Waals surface area contributed by atoms with E-state index in [-0.39, 0.29) is 0 Å². The number of para-hydroxylation sites is 1. The van der Waals surface area contributed by atoms with Gasteiger partial charge in [0.05, 0.1) is 0 Å². The van der Waals surface area contributed by atoms with Crippen LogP contribution in [0.2, 0.25) is 0 Å². The van der Waals surface area contributed by atoms with Gasteiger partial charge in [0.2, 0.25) is 0 Å². The molecular formula is C20H23N. The summed E-state index contributed by atoms with van der Waals surface area (Å²) in [6.07, 6.45) is 0. The van der Waals surface area contributed by atoms with E-state index in [1.807, 2.05) is 66.7 Å². The zero-order chi connectivity index (χ0) is 15.3. The molecule has 21 heavy (non-hydrogen) atoms. The Labute approximate surface area is 128 Å². The molecule has 0 saturated carbocycles. The SMILES string of the molecule is Cc1ccccc1.Cc1ccccc1.Nc1ccccc1. The Bertz CT molecular complexity index is 485. The maximum absolute atomic E-state index is 5.36. The summed E-state index contributed by atoms with van der Waals surface area (Å²) in [6, 6.07) is 30.0. The van der Waals surface area contributed by atoms with Crippen molar-refractivity contribution in [1.82, 2.24) is 0 Å². The highest BCUT2D eigenvalue weighted by molar-refractivity contribution is 5.35. The van der Waals surface area contributed by atoms with Crippen molar-refractivity contribution < 1.29 is 0 Å². The van der Waals surface area contributed by atoms with Gasteiger partial charge in [0.15, 0.2) is 0 Å². The molecule has 1 nitrogen and oxygen atoms in total. The maximum Gasteiger partial charge on any atom is 0.0313 e. The molecule has 0 aromatic heterocycles. The van der Waals surface area contributed by atoms with Crippen molar-refractivity contribution in [3.05, 3.63) is 102 Å². The van der Waals surface area contributed by atoms with Crippen LogP contribution in [0.3, 0.4) is 0 Å². The fourth-order valence-corrected chi connectivity index (χ4v) is 1.52. The van der Waals surface area contributed by atoms with Crippen molar-refractivity contribution in [3.63, 3.8) is 0 Å². The van der Waals surface area contributed by atoms with Crippen LogP contribution < -0.4 is 5.73 Å². The van der Waals surface area contributed by atoms with Crippen LogP contribution >= 0.6 is 0 Å². The van der Waals surface area contributed by atoms with Gasteiger partial charge in [0, 0.05) is 5.69 Å². The zero-order valence-corrected chi connectivity index (χ0v) is 12.7. The molecule has 0 atom stereocenters. The topological polar surface area (TPSA) is 26.0 Å². The van der Waals surface area contributed by atoms with Gasteiger partial charge in [0.1, 0.15) is 0 Å². The second-order valence-electron chi connectivity index (χ2n) is 4.72. The normalized spacial score (nSPS) is 8.67. The number of nitrogens with two attached hydrogens (primary N) is 1. The third kappa shape index (κ3) is 9.06. The molecule has 3 rings (SSSR count). The van der Waals surface area contributed by atoms with Gasteiger partial charge in [0.25, 0.3) is 0 Å². The summed E-state index contributed by atoms with van der Waals surface area (Å²) in [5.41, 5.74) is 8.82. The van der Waals surface area contributed by atoms with E-state index in [1.165, 1.54) is 11.1 Å². The maximum atomic E-state index is 5.36. The Morgan fingerprint density at radius 3 is 0.905 bits per heavy atom. The van der Waals surface area contributed by atoms with Gasteiger partial charge >= 0.3 is 0 Å². The van der Waals surface area contributed by atoms with E-state index in [4.69, 9.17) is 5.73 Å². The summed E-state index contributed by atoms with van der Waals surface area (Å²) in [4.78, 5) is 0. The van der Waals surface area contributed by atoms with E-state index in [2.05, 4.69) is 38.1 Å². The summed E-state index contributed by atoms with van der Waals surface area (Å²) in [7, 11) is 0. The number of hydrogen-bond donors (Lipinski definition) is 1. The van der Waals surface area contributed by atoms with Crippen molar-refractivity contribution in [2.45, 2.75) is 13.8 Å². The standard InChI is InChI=1S/2C7H8.C6H7N/c2*1-7-5-3-2-4-6-7;7-6-4-2-1-3-5-6/h2*2-6H,1H3;1-5H,7H2. The predicted molar refractivity (Wildman–Crippen MR) is 93.2 cm³/mol. The third-order valence-corrected chi connectivity index (χ3v) is 2.68. The van der Waals surface area contributed by atoms with Gasteiger partial charge < -0.3 is 5.73 Å². The van der Waals surface area contributed by atoms with Crippen molar-refractivity contribution >= 4 is 5.69 Å². The number of nitrogen functional groups attached to an aromatic ring is 1. The lowest BCUT2D eigenvalue weighted by atomic mass is 10.2. The van der Waals surface area contributed by atoms with Crippen LogP contribution in [0, 0.1) is 13.8 Å². The molecular weight excluding hydrogens is 254 g/mol. The molecule has 0 radical (unpaired) electrons. The first-order valence-corrected chi connectivity index (χ1v) is 7.02. The van der Waals surface area contributed by atoms with Gasteiger partial charge in [-0.2, -0.15) is 0 Å². The Kier molecular flexibility index (Phi) is 8.08. The van der Waals surface area contributed by atoms with Gasteiger partial charge in [-0.05, 0) is 26.0 Å². The Morgan fingerprint density at radius 1 is 0.476 bits per heavy atom. The average Bonchev–Trinajstić information content (AvgIpc) is 2.51. The Hall–Kier alpha value is -2.54. The molecule has 0 saturated heterocycles. The van der Waals surface area contributed by atoms with Gasteiger partial charge in [-0.1, -0.05) is 90.0 Å². The van der Waals surface area contributed by atoms with Crippen LogP contribution in [-0.2, 0) is 0 Å². The third-order valence-electron chi connectivity index (χ3n) is 2.68. The van der Waals surface area contributed by atoms with E-state index in [9.17, 15) is 0 Å². The minimum absolute atomic E-state index is 0.822. The summed E-state index contributed by atoms with van der Waals surface area (Å²) >= 11 is 0. The highest BCUT2D eigenvalue weighted by atomic mass is 14.5. The average molecular weight is 277 g/mol. The van der Waals surface area contributed by atoms with Crippen LogP contribution in [0.5, 0.6) is 0 Å². The molecule has 108 valence electrons. The predicted octanol–water partition coefficient (Wildman–Crippen LogP) is 5.26. The summed E-state index contributed by atoms with van der Waals surface area (Å²) in [5.74, 6) is 0. The summed E-state index contributed by atoms with van der Waals surface area (Å²) in [5, 5.41) is 0.